The van der Waals surface area contributed by atoms with E-state index in [1.165, 1.54) is 10.6 Å². The minimum absolute atomic E-state index is 0.111. The van der Waals surface area contributed by atoms with Gasteiger partial charge in [0.2, 0.25) is 0 Å². The van der Waals surface area contributed by atoms with Crippen LogP contribution < -0.4 is 11.3 Å². The molecule has 0 aliphatic heterocycles. The Balaban J connectivity index is 2.72. The van der Waals surface area contributed by atoms with Crippen LogP contribution in [0.5, 0.6) is 0 Å². The first-order chi connectivity index (χ1) is 7.30. The Hall–Kier alpha value is -1.10. The molecule has 16 heavy (non-hydrogen) atoms. The molecule has 90 valence electrons. The first-order valence-electron chi connectivity index (χ1n) is 5.15. The summed E-state index contributed by atoms with van der Waals surface area (Å²) in [5.41, 5.74) is 6.02. The van der Waals surface area contributed by atoms with Crippen LogP contribution in [0.2, 0.25) is 0 Å². The van der Waals surface area contributed by atoms with Crippen molar-refractivity contribution in [2.24, 2.45) is 0 Å². The lowest BCUT2D eigenvalue weighted by atomic mass is 10.3. The fraction of sp³-hybridized carbons (Fsp3) is 0.545. The summed E-state index contributed by atoms with van der Waals surface area (Å²) in [6.45, 7) is 6.20. The van der Waals surface area contributed by atoms with E-state index in [9.17, 15) is 9.00 Å². The van der Waals surface area contributed by atoms with E-state index in [1.807, 2.05) is 20.8 Å². The minimum atomic E-state index is -0.953. The van der Waals surface area contributed by atoms with Gasteiger partial charge in [-0.25, -0.2) is 0 Å². The van der Waals surface area contributed by atoms with Gasteiger partial charge in [-0.15, -0.1) is 0 Å². The Morgan fingerprint density at radius 2 is 2.00 bits per heavy atom. The molecule has 0 fully saturated rings. The highest BCUT2D eigenvalue weighted by Gasteiger charge is 2.18. The summed E-state index contributed by atoms with van der Waals surface area (Å²) < 4.78 is 13.1. The Morgan fingerprint density at radius 3 is 2.56 bits per heavy atom. The number of nitrogens with zero attached hydrogens (tertiary/aromatic N) is 1. The van der Waals surface area contributed by atoms with Crippen molar-refractivity contribution >= 4 is 16.5 Å². The molecular weight excluding hydrogens is 224 g/mol. The third-order valence-corrected chi connectivity index (χ3v) is 4.13. The lowest BCUT2D eigenvalue weighted by Gasteiger charge is -2.17. The lowest BCUT2D eigenvalue weighted by Crippen LogP contribution is -2.28. The molecule has 1 atom stereocenters. The summed E-state index contributed by atoms with van der Waals surface area (Å²) in [5.74, 6) is 0.465. The second-order valence-electron chi connectivity index (χ2n) is 4.66. The monoisotopic (exact) mass is 242 g/mol. The van der Waals surface area contributed by atoms with Crippen LogP contribution in [-0.2, 0) is 17.3 Å². The van der Waals surface area contributed by atoms with E-state index in [0.29, 0.717) is 18.0 Å². The van der Waals surface area contributed by atoms with Gasteiger partial charge in [-0.3, -0.25) is 9.00 Å². The molecule has 0 radical (unpaired) electrons. The maximum atomic E-state index is 11.8. The van der Waals surface area contributed by atoms with Crippen molar-refractivity contribution in [2.45, 2.75) is 32.1 Å². The van der Waals surface area contributed by atoms with Gasteiger partial charge in [0.05, 0.1) is 0 Å². The molecule has 0 bridgehead atoms. The number of rotatable bonds is 3. The largest absolute Gasteiger partial charge is 0.398 e. The number of aryl methyl sites for hydroxylation is 1. The van der Waals surface area contributed by atoms with Gasteiger partial charge in [-0.1, -0.05) is 0 Å². The first kappa shape index (κ1) is 13.0. The zero-order chi connectivity index (χ0) is 12.3. The van der Waals surface area contributed by atoms with Crippen LogP contribution in [0.3, 0.4) is 0 Å². The average molecular weight is 242 g/mol. The van der Waals surface area contributed by atoms with Crippen LogP contribution in [-0.4, -0.2) is 19.3 Å². The first-order valence-corrected chi connectivity index (χ1v) is 6.47. The number of nitrogens with two attached hydrogens (primary N) is 1. The van der Waals surface area contributed by atoms with Crippen molar-refractivity contribution in [1.29, 1.82) is 0 Å². The van der Waals surface area contributed by atoms with Crippen molar-refractivity contribution in [2.75, 3.05) is 11.5 Å². The van der Waals surface area contributed by atoms with Gasteiger partial charge < -0.3 is 10.3 Å². The highest BCUT2D eigenvalue weighted by Crippen LogP contribution is 2.11. The van der Waals surface area contributed by atoms with Crippen LogP contribution in [0.25, 0.3) is 0 Å². The molecule has 0 aliphatic rings. The van der Waals surface area contributed by atoms with Gasteiger partial charge in [0.25, 0.3) is 5.56 Å². The van der Waals surface area contributed by atoms with Crippen LogP contribution in [0.15, 0.2) is 23.1 Å². The predicted molar refractivity (Wildman–Crippen MR) is 67.9 cm³/mol. The van der Waals surface area contributed by atoms with Crippen LogP contribution in [0.1, 0.15) is 20.8 Å². The van der Waals surface area contributed by atoms with E-state index in [1.54, 1.807) is 12.3 Å². The second kappa shape index (κ2) is 4.82. The summed E-state index contributed by atoms with van der Waals surface area (Å²) in [4.78, 5) is 11.4. The summed E-state index contributed by atoms with van der Waals surface area (Å²) in [6, 6.07) is 2.99. The molecule has 0 spiro atoms. The number of anilines is 1. The number of nitrogen functional groups attached to an aromatic ring is 1. The minimum Gasteiger partial charge on any atom is -0.398 e. The quantitative estimate of drug-likeness (QED) is 0.859. The van der Waals surface area contributed by atoms with E-state index in [4.69, 9.17) is 5.73 Å². The molecule has 1 unspecified atom stereocenters. The Kier molecular flexibility index (Phi) is 3.91. The Morgan fingerprint density at radius 1 is 1.38 bits per heavy atom. The summed E-state index contributed by atoms with van der Waals surface area (Å²) in [5, 5.41) is 0. The van der Waals surface area contributed by atoms with Crippen molar-refractivity contribution < 1.29 is 4.21 Å². The van der Waals surface area contributed by atoms with Gasteiger partial charge in [-0.2, -0.15) is 0 Å². The van der Waals surface area contributed by atoms with Crippen molar-refractivity contribution in [3.63, 3.8) is 0 Å². The molecule has 1 aromatic rings. The predicted octanol–water partition coefficient (Wildman–Crippen LogP) is 0.978. The van der Waals surface area contributed by atoms with Crippen LogP contribution in [0.4, 0.5) is 5.69 Å². The van der Waals surface area contributed by atoms with Crippen LogP contribution >= 0.6 is 0 Å². The van der Waals surface area contributed by atoms with Gasteiger partial charge >= 0.3 is 0 Å². The summed E-state index contributed by atoms with van der Waals surface area (Å²) in [7, 11) is -0.953. The lowest BCUT2D eigenvalue weighted by molar-refractivity contribution is 0.637. The number of hydrogen-bond donors (Lipinski definition) is 1. The maximum absolute atomic E-state index is 11.8. The maximum Gasteiger partial charge on any atom is 0.250 e. The summed E-state index contributed by atoms with van der Waals surface area (Å²) in [6.07, 6.45) is 1.59. The third-order valence-electron chi connectivity index (χ3n) is 2.21. The highest BCUT2D eigenvalue weighted by atomic mass is 32.2. The molecule has 1 aromatic heterocycles. The molecule has 0 saturated heterocycles. The Bertz CT molecular complexity index is 446. The van der Waals surface area contributed by atoms with Crippen LogP contribution in [0, 0.1) is 0 Å². The van der Waals surface area contributed by atoms with E-state index in [0.717, 1.165) is 0 Å². The zero-order valence-corrected chi connectivity index (χ0v) is 10.7. The fourth-order valence-corrected chi connectivity index (χ4v) is 2.19. The molecule has 0 aliphatic carbocycles. The topological polar surface area (TPSA) is 65.1 Å². The van der Waals surface area contributed by atoms with E-state index in [2.05, 4.69) is 0 Å². The standard InChI is InChI=1S/C11H18N2O2S/c1-11(2,3)16(15)7-6-13-8-9(12)4-5-10(13)14/h4-5,8H,6-7,12H2,1-3H3. The van der Waals surface area contributed by atoms with Crippen molar-refractivity contribution in [3.8, 4) is 0 Å². The molecule has 4 nitrogen and oxygen atoms in total. The number of aromatic nitrogens is 1. The SMILES string of the molecule is CC(C)(C)S(=O)CCn1cc(N)ccc1=O. The van der Waals surface area contributed by atoms with Crippen molar-refractivity contribution in [1.82, 2.24) is 4.57 Å². The molecule has 0 saturated carbocycles. The fourth-order valence-electron chi connectivity index (χ4n) is 1.21. The third kappa shape index (κ3) is 3.48. The normalized spacial score (nSPS) is 13.7. The van der Waals surface area contributed by atoms with Gasteiger partial charge in [0, 0.05) is 45.8 Å². The van der Waals surface area contributed by atoms with Gasteiger partial charge in [0.15, 0.2) is 0 Å². The number of hydrogen-bond acceptors (Lipinski definition) is 3. The molecule has 0 amide bonds. The van der Waals surface area contributed by atoms with Gasteiger partial charge in [-0.05, 0) is 26.8 Å². The van der Waals surface area contributed by atoms with E-state index >= 15 is 0 Å². The molecule has 0 aromatic carbocycles. The average Bonchev–Trinajstić information content (AvgIpc) is 2.17. The van der Waals surface area contributed by atoms with Gasteiger partial charge in [0.1, 0.15) is 0 Å². The molecule has 2 N–H and O–H groups in total. The number of pyridine rings is 1. The highest BCUT2D eigenvalue weighted by molar-refractivity contribution is 7.86. The molecular formula is C11H18N2O2S. The molecule has 1 rings (SSSR count). The van der Waals surface area contributed by atoms with E-state index < -0.39 is 10.8 Å². The van der Waals surface area contributed by atoms with Crippen molar-refractivity contribution in [3.05, 3.63) is 28.7 Å². The second-order valence-corrected chi connectivity index (χ2v) is 6.98. The molecule has 1 heterocycles. The summed E-state index contributed by atoms with van der Waals surface area (Å²) >= 11 is 0. The zero-order valence-electron chi connectivity index (χ0n) is 9.90. The molecule has 5 heteroatoms. The smallest absolute Gasteiger partial charge is 0.250 e. The Labute approximate surface area is 97.9 Å². The van der Waals surface area contributed by atoms with E-state index in [-0.39, 0.29) is 10.3 Å².